The lowest BCUT2D eigenvalue weighted by Gasteiger charge is -2.11. The Balaban J connectivity index is 1.96. The van der Waals surface area contributed by atoms with Crippen LogP contribution in [0.2, 0.25) is 5.02 Å². The van der Waals surface area contributed by atoms with Crippen LogP contribution in [0.15, 0.2) is 47.4 Å². The number of para-hydroxylation sites is 1. The van der Waals surface area contributed by atoms with Crippen molar-refractivity contribution in [1.29, 1.82) is 0 Å². The first-order valence-corrected chi connectivity index (χ1v) is 7.63. The SMILES string of the molecule is O=C(COc1ccc(F)c(Cl)c1)Nc1ccccc1SC(F)F. The van der Waals surface area contributed by atoms with E-state index in [2.05, 4.69) is 5.32 Å². The first-order valence-electron chi connectivity index (χ1n) is 6.37. The van der Waals surface area contributed by atoms with Crippen molar-refractivity contribution in [3.8, 4) is 5.75 Å². The van der Waals surface area contributed by atoms with E-state index in [9.17, 15) is 18.0 Å². The molecular formula is C15H11ClF3NO2S. The van der Waals surface area contributed by atoms with Crippen LogP contribution >= 0.6 is 23.4 Å². The number of anilines is 1. The summed E-state index contributed by atoms with van der Waals surface area (Å²) in [5.41, 5.74) is 0.267. The van der Waals surface area contributed by atoms with E-state index >= 15 is 0 Å². The van der Waals surface area contributed by atoms with E-state index in [0.29, 0.717) is 11.8 Å². The molecule has 1 N–H and O–H groups in total. The van der Waals surface area contributed by atoms with Gasteiger partial charge in [0.2, 0.25) is 0 Å². The van der Waals surface area contributed by atoms with Gasteiger partial charge in [0.1, 0.15) is 11.6 Å². The highest BCUT2D eigenvalue weighted by Gasteiger charge is 2.12. The molecule has 0 radical (unpaired) electrons. The number of hydrogen-bond acceptors (Lipinski definition) is 3. The average molecular weight is 362 g/mol. The molecule has 0 aromatic heterocycles. The average Bonchev–Trinajstić information content (AvgIpc) is 2.50. The van der Waals surface area contributed by atoms with Gasteiger partial charge in [-0.2, -0.15) is 8.78 Å². The van der Waals surface area contributed by atoms with Crippen molar-refractivity contribution < 1.29 is 22.7 Å². The molecule has 0 heterocycles. The quantitative estimate of drug-likeness (QED) is 0.750. The number of nitrogens with one attached hydrogen (secondary N) is 1. The van der Waals surface area contributed by atoms with E-state index in [1.165, 1.54) is 24.3 Å². The summed E-state index contributed by atoms with van der Waals surface area (Å²) in [6, 6.07) is 9.89. The highest BCUT2D eigenvalue weighted by molar-refractivity contribution is 7.99. The molecule has 8 heteroatoms. The Hall–Kier alpha value is -1.86. The Kier molecular flexibility index (Phi) is 6.18. The summed E-state index contributed by atoms with van der Waals surface area (Å²) in [6.45, 7) is -0.365. The molecule has 0 fully saturated rings. The molecular weight excluding hydrogens is 351 g/mol. The summed E-state index contributed by atoms with van der Waals surface area (Å²) < 4.78 is 43.1. The molecule has 0 aliphatic rings. The molecule has 0 unspecified atom stereocenters. The maximum absolute atomic E-state index is 13.0. The fourth-order valence-corrected chi connectivity index (χ4v) is 2.44. The summed E-state index contributed by atoms with van der Waals surface area (Å²) >= 11 is 5.94. The van der Waals surface area contributed by atoms with Crippen LogP contribution in [0.4, 0.5) is 18.9 Å². The third-order valence-corrected chi connectivity index (χ3v) is 3.72. The van der Waals surface area contributed by atoms with Gasteiger partial charge in [-0.15, -0.1) is 0 Å². The zero-order valence-electron chi connectivity index (χ0n) is 11.6. The van der Waals surface area contributed by atoms with Crippen molar-refractivity contribution in [3.05, 3.63) is 53.3 Å². The zero-order chi connectivity index (χ0) is 16.8. The van der Waals surface area contributed by atoms with Gasteiger partial charge in [0.05, 0.1) is 10.7 Å². The Morgan fingerprint density at radius 2 is 2.00 bits per heavy atom. The van der Waals surface area contributed by atoms with Crippen molar-refractivity contribution >= 4 is 35.0 Å². The molecule has 0 aliphatic heterocycles. The van der Waals surface area contributed by atoms with Crippen LogP contribution in [0.25, 0.3) is 0 Å². The second-order valence-electron chi connectivity index (χ2n) is 4.29. The van der Waals surface area contributed by atoms with Gasteiger partial charge in [0.25, 0.3) is 11.7 Å². The second-order valence-corrected chi connectivity index (χ2v) is 5.73. The number of benzene rings is 2. The number of ether oxygens (including phenoxy) is 1. The fourth-order valence-electron chi connectivity index (χ4n) is 1.67. The lowest BCUT2D eigenvalue weighted by atomic mass is 10.3. The summed E-state index contributed by atoms with van der Waals surface area (Å²) in [4.78, 5) is 12.1. The summed E-state index contributed by atoms with van der Waals surface area (Å²) in [7, 11) is 0. The van der Waals surface area contributed by atoms with Gasteiger partial charge >= 0.3 is 0 Å². The standard InChI is InChI=1S/C15H11ClF3NO2S/c16-10-7-9(5-6-11(10)17)22-8-14(21)20-12-3-1-2-4-13(12)23-15(18)19/h1-7,15H,8H2,(H,20,21). The summed E-state index contributed by atoms with van der Waals surface area (Å²) in [6.07, 6.45) is 0. The number of rotatable bonds is 6. The number of thioether (sulfide) groups is 1. The number of hydrogen-bond donors (Lipinski definition) is 1. The monoisotopic (exact) mass is 361 g/mol. The van der Waals surface area contributed by atoms with Gasteiger partial charge in [0, 0.05) is 11.0 Å². The van der Waals surface area contributed by atoms with E-state index in [4.69, 9.17) is 16.3 Å². The number of halogens is 4. The van der Waals surface area contributed by atoms with E-state index in [1.54, 1.807) is 12.1 Å². The highest BCUT2D eigenvalue weighted by atomic mass is 35.5. The van der Waals surface area contributed by atoms with Crippen molar-refractivity contribution in [1.82, 2.24) is 0 Å². The third-order valence-electron chi connectivity index (χ3n) is 2.64. The largest absolute Gasteiger partial charge is 0.484 e. The molecule has 2 rings (SSSR count). The van der Waals surface area contributed by atoms with Crippen LogP contribution in [-0.4, -0.2) is 18.3 Å². The zero-order valence-corrected chi connectivity index (χ0v) is 13.1. The minimum Gasteiger partial charge on any atom is -0.484 e. The first kappa shape index (κ1) is 17.5. The van der Waals surface area contributed by atoms with E-state index < -0.39 is 17.5 Å². The normalized spacial score (nSPS) is 10.7. The fraction of sp³-hybridized carbons (Fsp3) is 0.133. The van der Waals surface area contributed by atoms with Gasteiger partial charge in [-0.25, -0.2) is 4.39 Å². The first-order chi connectivity index (χ1) is 11.0. The maximum atomic E-state index is 13.0. The van der Waals surface area contributed by atoms with Crippen molar-refractivity contribution in [2.75, 3.05) is 11.9 Å². The van der Waals surface area contributed by atoms with Gasteiger partial charge in [0.15, 0.2) is 6.61 Å². The summed E-state index contributed by atoms with van der Waals surface area (Å²) in [5, 5.41) is 2.36. The van der Waals surface area contributed by atoms with Gasteiger partial charge < -0.3 is 10.1 Å². The molecule has 0 aliphatic carbocycles. The molecule has 0 saturated carbocycles. The molecule has 1 amide bonds. The predicted octanol–water partition coefficient (Wildman–Crippen LogP) is 4.81. The molecule has 0 spiro atoms. The topological polar surface area (TPSA) is 38.3 Å². The van der Waals surface area contributed by atoms with Crippen molar-refractivity contribution in [2.45, 2.75) is 10.7 Å². The maximum Gasteiger partial charge on any atom is 0.288 e. The van der Waals surface area contributed by atoms with Gasteiger partial charge in [-0.05, 0) is 24.3 Å². The minimum atomic E-state index is -2.59. The molecule has 2 aromatic rings. The van der Waals surface area contributed by atoms with Crippen LogP contribution in [-0.2, 0) is 4.79 Å². The Bertz CT molecular complexity index is 700. The summed E-state index contributed by atoms with van der Waals surface area (Å²) in [5.74, 6) is -3.50. The molecule has 2 aromatic carbocycles. The van der Waals surface area contributed by atoms with Crippen LogP contribution in [0, 0.1) is 5.82 Å². The second kappa shape index (κ2) is 8.12. The van der Waals surface area contributed by atoms with Crippen molar-refractivity contribution in [2.24, 2.45) is 0 Å². The van der Waals surface area contributed by atoms with E-state index in [0.717, 1.165) is 6.07 Å². The van der Waals surface area contributed by atoms with Gasteiger partial charge in [-0.1, -0.05) is 35.5 Å². The molecule has 3 nitrogen and oxygen atoms in total. The molecule has 0 saturated heterocycles. The molecule has 122 valence electrons. The predicted molar refractivity (Wildman–Crippen MR) is 83.8 cm³/mol. The molecule has 23 heavy (non-hydrogen) atoms. The Morgan fingerprint density at radius 1 is 1.26 bits per heavy atom. The number of carbonyl (C=O) groups is 1. The van der Waals surface area contributed by atoms with E-state index in [1.807, 2.05) is 0 Å². The van der Waals surface area contributed by atoms with Crippen LogP contribution in [0.3, 0.4) is 0 Å². The Labute approximate surface area is 139 Å². The lowest BCUT2D eigenvalue weighted by molar-refractivity contribution is -0.118. The highest BCUT2D eigenvalue weighted by Crippen LogP contribution is 2.31. The molecule has 0 bridgehead atoms. The lowest BCUT2D eigenvalue weighted by Crippen LogP contribution is -2.20. The number of amides is 1. The third kappa shape index (κ3) is 5.37. The smallest absolute Gasteiger partial charge is 0.288 e. The minimum absolute atomic E-state index is 0.124. The molecule has 0 atom stereocenters. The number of alkyl halides is 2. The van der Waals surface area contributed by atoms with E-state index in [-0.39, 0.29) is 28.0 Å². The Morgan fingerprint density at radius 3 is 2.70 bits per heavy atom. The van der Waals surface area contributed by atoms with Crippen molar-refractivity contribution in [3.63, 3.8) is 0 Å². The van der Waals surface area contributed by atoms with Crippen LogP contribution in [0.1, 0.15) is 0 Å². The number of carbonyl (C=O) groups excluding carboxylic acids is 1. The van der Waals surface area contributed by atoms with Crippen LogP contribution in [0.5, 0.6) is 5.75 Å². The van der Waals surface area contributed by atoms with Crippen LogP contribution < -0.4 is 10.1 Å². The van der Waals surface area contributed by atoms with Gasteiger partial charge in [-0.3, -0.25) is 4.79 Å².